The lowest BCUT2D eigenvalue weighted by atomic mass is 10.2. The van der Waals surface area contributed by atoms with Crippen molar-refractivity contribution >= 4 is 11.8 Å². The summed E-state index contributed by atoms with van der Waals surface area (Å²) in [7, 11) is 0. The monoisotopic (exact) mass is 409 g/mol. The number of nitrogens with zero attached hydrogens (tertiary/aromatic N) is 1. The minimum Gasteiger partial charge on any atom is -0.490 e. The zero-order valence-electron chi connectivity index (χ0n) is 16.2. The average Bonchev–Trinajstić information content (AvgIpc) is 2.77. The van der Waals surface area contributed by atoms with E-state index in [4.69, 9.17) is 9.47 Å². The second-order valence-corrected chi connectivity index (χ2v) is 6.13. The summed E-state index contributed by atoms with van der Waals surface area (Å²) in [4.78, 5) is 28.4. The van der Waals surface area contributed by atoms with Crippen LogP contribution in [0.15, 0.2) is 67.0 Å². The Balaban J connectivity index is 1.66. The van der Waals surface area contributed by atoms with E-state index in [2.05, 4.69) is 15.8 Å². The molecule has 3 aromatic rings. The number of hydrazine groups is 1. The van der Waals surface area contributed by atoms with Crippen LogP contribution in [-0.2, 0) is 6.61 Å². The molecule has 0 fully saturated rings. The molecule has 2 aromatic carbocycles. The average molecular weight is 409 g/mol. The molecule has 8 heteroatoms. The molecular formula is C22H20FN3O4. The molecule has 30 heavy (non-hydrogen) atoms. The third-order valence-electron chi connectivity index (χ3n) is 4.06. The van der Waals surface area contributed by atoms with E-state index in [0.29, 0.717) is 24.7 Å². The molecular weight excluding hydrogens is 389 g/mol. The Labute approximate surface area is 172 Å². The number of nitrogens with one attached hydrogen (secondary N) is 2. The largest absolute Gasteiger partial charge is 0.490 e. The van der Waals surface area contributed by atoms with Crippen molar-refractivity contribution in [3.8, 4) is 11.5 Å². The van der Waals surface area contributed by atoms with Gasteiger partial charge in [-0.25, -0.2) is 4.39 Å². The maximum Gasteiger partial charge on any atom is 0.272 e. The van der Waals surface area contributed by atoms with Crippen LogP contribution in [0.5, 0.6) is 11.5 Å². The fourth-order valence-electron chi connectivity index (χ4n) is 2.58. The van der Waals surface area contributed by atoms with Crippen LogP contribution in [0.25, 0.3) is 0 Å². The van der Waals surface area contributed by atoms with Gasteiger partial charge in [0.05, 0.1) is 12.2 Å². The van der Waals surface area contributed by atoms with Crippen molar-refractivity contribution in [2.45, 2.75) is 13.5 Å². The Bertz CT molecular complexity index is 1030. The number of ether oxygens (including phenoxy) is 2. The molecule has 0 unspecified atom stereocenters. The normalized spacial score (nSPS) is 10.2. The summed E-state index contributed by atoms with van der Waals surface area (Å²) in [6.45, 7) is 2.50. The van der Waals surface area contributed by atoms with Gasteiger partial charge in [-0.1, -0.05) is 12.1 Å². The Morgan fingerprint density at radius 2 is 1.67 bits per heavy atom. The van der Waals surface area contributed by atoms with Gasteiger partial charge in [-0.05, 0) is 55.0 Å². The first-order valence-corrected chi connectivity index (χ1v) is 9.22. The van der Waals surface area contributed by atoms with E-state index < -0.39 is 17.6 Å². The van der Waals surface area contributed by atoms with E-state index in [1.807, 2.05) is 19.1 Å². The molecule has 2 amide bonds. The topological polar surface area (TPSA) is 89.6 Å². The number of pyridine rings is 1. The Kier molecular flexibility index (Phi) is 6.94. The van der Waals surface area contributed by atoms with Gasteiger partial charge in [0.1, 0.15) is 12.4 Å². The van der Waals surface area contributed by atoms with E-state index in [9.17, 15) is 14.0 Å². The van der Waals surface area contributed by atoms with Gasteiger partial charge in [0.25, 0.3) is 11.8 Å². The molecule has 7 nitrogen and oxygen atoms in total. The third-order valence-corrected chi connectivity index (χ3v) is 4.06. The van der Waals surface area contributed by atoms with Crippen molar-refractivity contribution in [3.05, 3.63) is 89.5 Å². The number of benzene rings is 2. The van der Waals surface area contributed by atoms with E-state index in [1.165, 1.54) is 30.3 Å². The van der Waals surface area contributed by atoms with Crippen LogP contribution >= 0.6 is 0 Å². The number of halogens is 1. The summed E-state index contributed by atoms with van der Waals surface area (Å²) in [5.41, 5.74) is 5.46. The van der Waals surface area contributed by atoms with Crippen molar-refractivity contribution in [2.24, 2.45) is 0 Å². The lowest BCUT2D eigenvalue weighted by molar-refractivity contribution is 0.0844. The summed E-state index contributed by atoms with van der Waals surface area (Å²) >= 11 is 0. The minimum absolute atomic E-state index is 0.173. The highest BCUT2D eigenvalue weighted by Gasteiger charge is 2.15. The van der Waals surface area contributed by atoms with Crippen molar-refractivity contribution < 1.29 is 23.5 Å². The molecule has 0 spiro atoms. The summed E-state index contributed by atoms with van der Waals surface area (Å²) < 4.78 is 25.0. The van der Waals surface area contributed by atoms with Crippen LogP contribution in [0.3, 0.4) is 0 Å². The highest BCUT2D eigenvalue weighted by Crippen LogP contribution is 2.29. The molecule has 1 heterocycles. The first-order chi connectivity index (χ1) is 14.6. The maximum atomic E-state index is 13.7. The number of rotatable bonds is 7. The number of amides is 2. The van der Waals surface area contributed by atoms with Gasteiger partial charge in [-0.3, -0.25) is 25.4 Å². The number of hydrogen-bond acceptors (Lipinski definition) is 5. The molecule has 3 rings (SSSR count). The van der Waals surface area contributed by atoms with Crippen molar-refractivity contribution in [3.63, 3.8) is 0 Å². The van der Waals surface area contributed by atoms with Crippen LogP contribution < -0.4 is 20.3 Å². The molecule has 2 N–H and O–H groups in total. The van der Waals surface area contributed by atoms with E-state index >= 15 is 0 Å². The number of carbonyl (C=O) groups is 2. The zero-order chi connectivity index (χ0) is 21.3. The van der Waals surface area contributed by atoms with Crippen LogP contribution in [0.4, 0.5) is 4.39 Å². The van der Waals surface area contributed by atoms with Crippen molar-refractivity contribution in [2.75, 3.05) is 6.61 Å². The molecule has 0 atom stereocenters. The van der Waals surface area contributed by atoms with Gasteiger partial charge in [-0.2, -0.15) is 0 Å². The predicted octanol–water partition coefficient (Wildman–Crippen LogP) is 3.27. The number of hydrogen-bond donors (Lipinski definition) is 2. The molecule has 1 aromatic heterocycles. The Hall–Kier alpha value is -3.94. The minimum atomic E-state index is -0.760. The molecule has 0 saturated heterocycles. The molecule has 0 saturated carbocycles. The highest BCUT2D eigenvalue weighted by molar-refractivity contribution is 5.99. The SMILES string of the molecule is CCOc1cc(C(=O)NNC(=O)c2ccccc2F)ccc1OCc1ccncc1. The molecule has 0 aliphatic heterocycles. The van der Waals surface area contributed by atoms with Gasteiger partial charge in [0.15, 0.2) is 11.5 Å². The van der Waals surface area contributed by atoms with Gasteiger partial charge >= 0.3 is 0 Å². The molecule has 0 aliphatic rings. The Morgan fingerprint density at radius 1 is 0.933 bits per heavy atom. The standard InChI is InChI=1S/C22H20FN3O4/c1-2-29-20-13-16(7-8-19(20)30-14-15-9-11-24-12-10-15)21(27)25-26-22(28)17-5-3-4-6-18(17)23/h3-13H,2,14H2,1H3,(H,25,27)(H,26,28). The number of aromatic nitrogens is 1. The van der Waals surface area contributed by atoms with Crippen molar-refractivity contribution in [1.29, 1.82) is 0 Å². The summed E-state index contributed by atoms with van der Waals surface area (Å²) in [6.07, 6.45) is 3.34. The van der Waals surface area contributed by atoms with Gasteiger partial charge in [0.2, 0.25) is 0 Å². The summed E-state index contributed by atoms with van der Waals surface area (Å²) in [5.74, 6) is -1.16. The lowest BCUT2D eigenvalue weighted by Gasteiger charge is -2.14. The Morgan fingerprint density at radius 3 is 2.40 bits per heavy atom. The predicted molar refractivity (Wildman–Crippen MR) is 108 cm³/mol. The maximum absolute atomic E-state index is 13.7. The smallest absolute Gasteiger partial charge is 0.272 e. The summed E-state index contributed by atoms with van der Waals surface area (Å²) in [5, 5.41) is 0. The second-order valence-electron chi connectivity index (χ2n) is 6.13. The third kappa shape index (κ3) is 5.32. The molecule has 0 bridgehead atoms. The van der Waals surface area contributed by atoms with Crippen LogP contribution in [0.1, 0.15) is 33.2 Å². The fraction of sp³-hybridized carbons (Fsp3) is 0.136. The zero-order valence-corrected chi connectivity index (χ0v) is 16.2. The highest BCUT2D eigenvalue weighted by atomic mass is 19.1. The van der Waals surface area contributed by atoms with Crippen molar-refractivity contribution in [1.82, 2.24) is 15.8 Å². The van der Waals surface area contributed by atoms with Gasteiger partial charge in [0, 0.05) is 18.0 Å². The molecule has 154 valence electrons. The molecule has 0 aliphatic carbocycles. The van der Waals surface area contributed by atoms with Gasteiger partial charge in [-0.15, -0.1) is 0 Å². The first-order valence-electron chi connectivity index (χ1n) is 9.22. The lowest BCUT2D eigenvalue weighted by Crippen LogP contribution is -2.41. The van der Waals surface area contributed by atoms with E-state index in [-0.39, 0.29) is 11.1 Å². The van der Waals surface area contributed by atoms with E-state index in [0.717, 1.165) is 11.6 Å². The molecule has 0 radical (unpaired) electrons. The van der Waals surface area contributed by atoms with Crippen LogP contribution in [0.2, 0.25) is 0 Å². The second kappa shape index (κ2) is 10.0. The number of carbonyl (C=O) groups excluding carboxylic acids is 2. The quantitative estimate of drug-likeness (QED) is 0.585. The van der Waals surface area contributed by atoms with Gasteiger partial charge < -0.3 is 9.47 Å². The van der Waals surface area contributed by atoms with Crippen LogP contribution in [-0.4, -0.2) is 23.4 Å². The van der Waals surface area contributed by atoms with E-state index in [1.54, 1.807) is 18.5 Å². The summed E-state index contributed by atoms with van der Waals surface area (Å²) in [6, 6.07) is 13.8. The van der Waals surface area contributed by atoms with Crippen LogP contribution in [0, 0.1) is 5.82 Å². The first kappa shape index (κ1) is 20.8. The fourth-order valence-corrected chi connectivity index (χ4v) is 2.58.